The van der Waals surface area contributed by atoms with E-state index in [-0.39, 0.29) is 5.91 Å². The molecular formula is C27H27N3O2S2. The molecule has 5 heterocycles. The summed E-state index contributed by atoms with van der Waals surface area (Å²) >= 11 is 3.38. The zero-order valence-electron chi connectivity index (χ0n) is 19.0. The molecule has 174 valence electrons. The van der Waals surface area contributed by atoms with Gasteiger partial charge in [0.1, 0.15) is 0 Å². The molecule has 0 N–H and O–H groups in total. The molecule has 0 bridgehead atoms. The highest BCUT2D eigenvalue weighted by atomic mass is 32.1. The highest BCUT2D eigenvalue weighted by Gasteiger charge is 2.25. The second-order valence-corrected chi connectivity index (χ2v) is 11.0. The zero-order valence-corrected chi connectivity index (χ0v) is 20.7. The van der Waals surface area contributed by atoms with Crippen LogP contribution in [0.2, 0.25) is 0 Å². The van der Waals surface area contributed by atoms with Crippen LogP contribution in [0, 0.1) is 0 Å². The smallest absolute Gasteiger partial charge is 0.264 e. The van der Waals surface area contributed by atoms with E-state index in [1.165, 1.54) is 43.4 Å². The third-order valence-electron chi connectivity index (χ3n) is 6.76. The fourth-order valence-electron chi connectivity index (χ4n) is 4.89. The van der Waals surface area contributed by atoms with E-state index >= 15 is 0 Å². The maximum Gasteiger partial charge on any atom is 0.264 e. The van der Waals surface area contributed by atoms with Gasteiger partial charge in [-0.1, -0.05) is 18.2 Å². The zero-order chi connectivity index (χ0) is 22.9. The summed E-state index contributed by atoms with van der Waals surface area (Å²) in [5.41, 5.74) is 6.24. The number of ether oxygens (including phenoxy) is 1. The standard InChI is InChI=1S/C27H27N3O2S2/c31-27(26-2-1-15-33-26)30-9-7-19(8-10-30)22-4-5-24-23(22)16-20(17-28-24)25-6-3-21(34-25)18-29-11-13-32-14-12-29/h1-4,6-7,15-17H,5,8-14,18H2. The monoisotopic (exact) mass is 489 g/mol. The van der Waals surface area contributed by atoms with E-state index in [4.69, 9.17) is 9.72 Å². The maximum atomic E-state index is 12.7. The van der Waals surface area contributed by atoms with Gasteiger partial charge in [-0.05, 0) is 47.2 Å². The molecule has 1 aliphatic carbocycles. The van der Waals surface area contributed by atoms with Gasteiger partial charge in [0.2, 0.25) is 0 Å². The van der Waals surface area contributed by atoms with Crippen LogP contribution in [0.5, 0.6) is 0 Å². The van der Waals surface area contributed by atoms with Crippen molar-refractivity contribution in [1.29, 1.82) is 0 Å². The lowest BCUT2D eigenvalue weighted by atomic mass is 9.95. The first-order valence-corrected chi connectivity index (χ1v) is 13.5. The first kappa shape index (κ1) is 21.9. The second kappa shape index (κ2) is 9.58. The predicted molar refractivity (Wildman–Crippen MR) is 138 cm³/mol. The van der Waals surface area contributed by atoms with Gasteiger partial charge in [0.05, 0.1) is 23.8 Å². The number of morpholine rings is 1. The van der Waals surface area contributed by atoms with Crippen LogP contribution in [0.15, 0.2) is 59.6 Å². The Morgan fingerprint density at radius 2 is 2.03 bits per heavy atom. The van der Waals surface area contributed by atoms with Crippen molar-refractivity contribution in [2.75, 3.05) is 39.4 Å². The van der Waals surface area contributed by atoms with Crippen molar-refractivity contribution in [1.82, 2.24) is 14.8 Å². The van der Waals surface area contributed by atoms with Crippen molar-refractivity contribution in [2.24, 2.45) is 0 Å². The van der Waals surface area contributed by atoms with E-state index in [0.29, 0.717) is 6.54 Å². The van der Waals surface area contributed by atoms with Crippen LogP contribution < -0.4 is 0 Å². The van der Waals surface area contributed by atoms with E-state index in [0.717, 1.165) is 62.8 Å². The molecule has 6 rings (SSSR count). The number of hydrogen-bond donors (Lipinski definition) is 0. The average Bonchev–Trinajstić information content (AvgIpc) is 3.65. The third-order valence-corrected chi connectivity index (χ3v) is 8.74. The Labute approximate surface area is 208 Å². The Morgan fingerprint density at radius 1 is 1.12 bits per heavy atom. The summed E-state index contributed by atoms with van der Waals surface area (Å²) in [5.74, 6) is 0.139. The van der Waals surface area contributed by atoms with Gasteiger partial charge in [0, 0.05) is 66.2 Å². The van der Waals surface area contributed by atoms with E-state index in [9.17, 15) is 4.79 Å². The minimum absolute atomic E-state index is 0.139. The van der Waals surface area contributed by atoms with Crippen molar-refractivity contribution in [3.63, 3.8) is 0 Å². The predicted octanol–water partition coefficient (Wildman–Crippen LogP) is 5.12. The molecule has 1 amide bonds. The molecule has 3 aliphatic rings. The molecule has 3 aromatic rings. The molecule has 0 spiro atoms. The first-order chi connectivity index (χ1) is 16.7. The number of thiophene rings is 2. The van der Waals surface area contributed by atoms with Crippen LogP contribution in [0.3, 0.4) is 0 Å². The fraction of sp³-hybridized carbons (Fsp3) is 0.333. The number of nitrogens with zero attached hydrogens (tertiary/aromatic N) is 3. The molecule has 0 unspecified atom stereocenters. The molecule has 3 aromatic heterocycles. The lowest BCUT2D eigenvalue weighted by Crippen LogP contribution is -2.35. The fourth-order valence-corrected chi connectivity index (χ4v) is 6.61. The van der Waals surface area contributed by atoms with Crippen molar-refractivity contribution >= 4 is 34.2 Å². The lowest BCUT2D eigenvalue weighted by Gasteiger charge is -2.27. The number of aromatic nitrogens is 1. The van der Waals surface area contributed by atoms with Crippen molar-refractivity contribution < 1.29 is 9.53 Å². The maximum absolute atomic E-state index is 12.7. The Kier molecular flexibility index (Phi) is 6.18. The molecule has 0 aromatic carbocycles. The highest BCUT2D eigenvalue weighted by Crippen LogP contribution is 2.38. The highest BCUT2D eigenvalue weighted by molar-refractivity contribution is 7.15. The number of carbonyl (C=O) groups excluding carboxylic acids is 1. The summed E-state index contributed by atoms with van der Waals surface area (Å²) in [7, 11) is 0. The topological polar surface area (TPSA) is 45.7 Å². The Balaban J connectivity index is 1.17. The van der Waals surface area contributed by atoms with Gasteiger partial charge in [-0.3, -0.25) is 14.7 Å². The van der Waals surface area contributed by atoms with E-state index < -0.39 is 0 Å². The number of hydrogen-bond acceptors (Lipinski definition) is 6. The number of carbonyl (C=O) groups is 1. The largest absolute Gasteiger partial charge is 0.379 e. The van der Waals surface area contributed by atoms with Gasteiger partial charge >= 0.3 is 0 Å². The summed E-state index contributed by atoms with van der Waals surface area (Å²) in [6.07, 6.45) is 8.33. The lowest BCUT2D eigenvalue weighted by molar-refractivity contribution is 0.0346. The summed E-state index contributed by atoms with van der Waals surface area (Å²) in [4.78, 5) is 25.4. The first-order valence-electron chi connectivity index (χ1n) is 11.9. The van der Waals surface area contributed by atoms with Crippen LogP contribution in [0.4, 0.5) is 0 Å². The van der Waals surface area contributed by atoms with Gasteiger partial charge < -0.3 is 9.64 Å². The Hall–Kier alpha value is -2.58. The van der Waals surface area contributed by atoms with Crippen molar-refractivity contribution in [3.05, 3.63) is 80.6 Å². The number of pyridine rings is 1. The summed E-state index contributed by atoms with van der Waals surface area (Å²) in [6, 6.07) is 10.6. The molecule has 2 aliphatic heterocycles. The molecule has 0 saturated carbocycles. The van der Waals surface area contributed by atoms with Gasteiger partial charge in [-0.2, -0.15) is 0 Å². The molecule has 1 fully saturated rings. The molecule has 5 nitrogen and oxygen atoms in total. The summed E-state index contributed by atoms with van der Waals surface area (Å²) in [6.45, 7) is 6.10. The normalized spacial score (nSPS) is 18.5. The average molecular weight is 490 g/mol. The van der Waals surface area contributed by atoms with Crippen molar-refractivity contribution in [3.8, 4) is 10.4 Å². The van der Waals surface area contributed by atoms with Gasteiger partial charge in [-0.25, -0.2) is 0 Å². The molecule has 1 saturated heterocycles. The molecule has 7 heteroatoms. The van der Waals surface area contributed by atoms with E-state index in [1.54, 1.807) is 0 Å². The molecule has 34 heavy (non-hydrogen) atoms. The van der Waals surface area contributed by atoms with Crippen LogP contribution >= 0.6 is 22.7 Å². The number of rotatable bonds is 5. The van der Waals surface area contributed by atoms with Gasteiger partial charge in [0.25, 0.3) is 5.91 Å². The van der Waals surface area contributed by atoms with Gasteiger partial charge in [0.15, 0.2) is 0 Å². The van der Waals surface area contributed by atoms with Crippen LogP contribution in [-0.2, 0) is 17.7 Å². The summed E-state index contributed by atoms with van der Waals surface area (Å²) < 4.78 is 5.47. The molecular weight excluding hydrogens is 462 g/mol. The minimum Gasteiger partial charge on any atom is -0.379 e. The molecule has 0 radical (unpaired) electrons. The van der Waals surface area contributed by atoms with Gasteiger partial charge in [-0.15, -0.1) is 22.7 Å². The third kappa shape index (κ3) is 4.41. The number of fused-ring (bicyclic) bond motifs is 1. The van der Waals surface area contributed by atoms with E-state index in [1.807, 2.05) is 39.9 Å². The number of amides is 1. The number of allylic oxidation sites excluding steroid dienone is 2. The van der Waals surface area contributed by atoms with Crippen LogP contribution in [-0.4, -0.2) is 60.1 Å². The Morgan fingerprint density at radius 3 is 2.82 bits per heavy atom. The SMILES string of the molecule is O=C(c1cccs1)N1CC=C(C2=CCc3ncc(-c4ccc(CN5CCOCC5)s4)cc32)CC1. The quantitative estimate of drug-likeness (QED) is 0.499. The van der Waals surface area contributed by atoms with Crippen LogP contribution in [0.1, 0.15) is 32.2 Å². The molecule has 0 atom stereocenters. The Bertz CT molecular complexity index is 1250. The minimum atomic E-state index is 0.139. The van der Waals surface area contributed by atoms with E-state index in [2.05, 4.69) is 35.3 Å². The van der Waals surface area contributed by atoms with Crippen LogP contribution in [0.25, 0.3) is 16.0 Å². The summed E-state index contributed by atoms with van der Waals surface area (Å²) in [5, 5.41) is 1.96. The second-order valence-electron chi connectivity index (χ2n) is 8.90. The van der Waals surface area contributed by atoms with Crippen molar-refractivity contribution in [2.45, 2.75) is 19.4 Å².